The molecule has 0 saturated carbocycles. The smallest absolute Gasteiger partial charge is 0.251 e. The summed E-state index contributed by atoms with van der Waals surface area (Å²) < 4.78 is 28.7. The molecule has 2 amide bonds. The van der Waals surface area contributed by atoms with E-state index in [9.17, 15) is 18.0 Å². The van der Waals surface area contributed by atoms with Crippen molar-refractivity contribution in [1.29, 1.82) is 0 Å². The molecule has 1 aromatic heterocycles. The highest BCUT2D eigenvalue weighted by Crippen LogP contribution is 2.30. The average Bonchev–Trinajstić information content (AvgIpc) is 3.44. The number of allylic oxidation sites excluding steroid dienone is 1. The number of benzene rings is 3. The number of nitrogens with one attached hydrogen (secondary N) is 2. The zero-order chi connectivity index (χ0) is 32.2. The van der Waals surface area contributed by atoms with Crippen LogP contribution in [0.3, 0.4) is 0 Å². The lowest BCUT2D eigenvalue weighted by atomic mass is 9.84. The summed E-state index contributed by atoms with van der Waals surface area (Å²) in [5, 5.41) is 5.72. The summed E-state index contributed by atoms with van der Waals surface area (Å²) in [5.41, 5.74) is 5.73. The summed E-state index contributed by atoms with van der Waals surface area (Å²) in [7, 11) is -3.17. The molecule has 0 fully saturated rings. The lowest BCUT2D eigenvalue weighted by Crippen LogP contribution is -2.28. The third kappa shape index (κ3) is 8.36. The van der Waals surface area contributed by atoms with Crippen LogP contribution in [0.15, 0.2) is 83.3 Å². The Kier molecular flexibility index (Phi) is 9.39. The highest BCUT2D eigenvalue weighted by Gasteiger charge is 2.23. The monoisotopic (exact) mass is 625 g/mol. The average molecular weight is 626 g/mol. The van der Waals surface area contributed by atoms with Crippen molar-refractivity contribution in [2.24, 2.45) is 0 Å². The van der Waals surface area contributed by atoms with Gasteiger partial charge in [-0.2, -0.15) is 0 Å². The van der Waals surface area contributed by atoms with E-state index in [1.807, 2.05) is 54.6 Å². The molecule has 4 aromatic rings. The van der Waals surface area contributed by atoms with Crippen LogP contribution in [0.5, 0.6) is 0 Å². The van der Waals surface area contributed by atoms with Crippen LogP contribution in [-0.4, -0.2) is 43.8 Å². The summed E-state index contributed by atoms with van der Waals surface area (Å²) in [6.07, 6.45) is 7.42. The molecule has 1 heterocycles. The SMILES string of the molecule is CC(C)(C)c1ccc(C(Cc2ccc(C(=O)NCCS(C)(=O)=O)cc2)C(=O)Nc2ccc(-c3nc4c(o3)CCC=C4)cc2)cc1. The highest BCUT2D eigenvalue weighted by atomic mass is 32.2. The van der Waals surface area contributed by atoms with E-state index in [1.54, 1.807) is 12.1 Å². The number of hydrogen-bond donors (Lipinski definition) is 2. The van der Waals surface area contributed by atoms with E-state index in [0.29, 0.717) is 23.6 Å². The minimum absolute atomic E-state index is 0.0197. The molecule has 0 bridgehead atoms. The van der Waals surface area contributed by atoms with E-state index in [2.05, 4.69) is 54.6 Å². The first-order chi connectivity index (χ1) is 21.4. The number of rotatable bonds is 10. The second-order valence-corrected chi connectivity index (χ2v) is 14.8. The van der Waals surface area contributed by atoms with E-state index in [1.165, 1.54) is 5.56 Å². The number of oxazole rings is 1. The molecule has 45 heavy (non-hydrogen) atoms. The Labute approximate surface area is 264 Å². The summed E-state index contributed by atoms with van der Waals surface area (Å²) in [6, 6.07) is 22.7. The first-order valence-corrected chi connectivity index (χ1v) is 17.1. The first kappa shape index (κ1) is 31.9. The number of aryl methyl sites for hydroxylation is 1. The van der Waals surface area contributed by atoms with Gasteiger partial charge in [-0.25, -0.2) is 13.4 Å². The maximum atomic E-state index is 13.8. The van der Waals surface area contributed by atoms with Crippen molar-refractivity contribution < 1.29 is 22.4 Å². The third-order valence-electron chi connectivity index (χ3n) is 7.85. The molecule has 234 valence electrons. The van der Waals surface area contributed by atoms with Gasteiger partial charge in [-0.1, -0.05) is 63.2 Å². The number of hydrogen-bond acceptors (Lipinski definition) is 6. The number of fused-ring (bicyclic) bond motifs is 1. The lowest BCUT2D eigenvalue weighted by Gasteiger charge is -2.22. The Morgan fingerprint density at radius 3 is 2.27 bits per heavy atom. The Bertz CT molecular complexity index is 1800. The third-order valence-corrected chi connectivity index (χ3v) is 8.80. The van der Waals surface area contributed by atoms with Crippen molar-refractivity contribution >= 4 is 33.4 Å². The highest BCUT2D eigenvalue weighted by molar-refractivity contribution is 7.90. The molecule has 0 spiro atoms. The fraction of sp³-hybridized carbons (Fsp3) is 0.306. The van der Waals surface area contributed by atoms with Gasteiger partial charge in [0.05, 0.1) is 11.7 Å². The van der Waals surface area contributed by atoms with Crippen molar-refractivity contribution in [3.8, 4) is 11.5 Å². The van der Waals surface area contributed by atoms with Gasteiger partial charge in [-0.05, 0) is 77.4 Å². The topological polar surface area (TPSA) is 118 Å². The van der Waals surface area contributed by atoms with Crippen LogP contribution in [0.25, 0.3) is 17.5 Å². The largest absolute Gasteiger partial charge is 0.441 e. The zero-order valence-corrected chi connectivity index (χ0v) is 26.9. The molecular weight excluding hydrogens is 586 g/mol. The van der Waals surface area contributed by atoms with Gasteiger partial charge >= 0.3 is 0 Å². The fourth-order valence-corrected chi connectivity index (χ4v) is 5.66. The Balaban J connectivity index is 1.32. The number of amides is 2. The van der Waals surface area contributed by atoms with Crippen LogP contribution in [0.4, 0.5) is 5.69 Å². The number of nitrogens with zero attached hydrogens (tertiary/aromatic N) is 1. The minimum Gasteiger partial charge on any atom is -0.441 e. The van der Waals surface area contributed by atoms with Gasteiger partial charge in [0, 0.05) is 36.0 Å². The van der Waals surface area contributed by atoms with Crippen molar-refractivity contribution in [2.45, 2.75) is 51.4 Å². The van der Waals surface area contributed by atoms with Crippen LogP contribution < -0.4 is 10.6 Å². The second kappa shape index (κ2) is 13.2. The number of sulfone groups is 1. The van der Waals surface area contributed by atoms with Crippen LogP contribution >= 0.6 is 0 Å². The van der Waals surface area contributed by atoms with Crippen molar-refractivity contribution in [3.63, 3.8) is 0 Å². The normalized spacial score (nSPS) is 13.6. The first-order valence-electron chi connectivity index (χ1n) is 15.1. The number of carbonyl (C=O) groups is 2. The molecule has 9 heteroatoms. The van der Waals surface area contributed by atoms with E-state index < -0.39 is 15.8 Å². The maximum Gasteiger partial charge on any atom is 0.251 e. The Morgan fingerprint density at radius 1 is 0.956 bits per heavy atom. The summed E-state index contributed by atoms with van der Waals surface area (Å²) >= 11 is 0. The van der Waals surface area contributed by atoms with Gasteiger partial charge in [0.15, 0.2) is 0 Å². The molecule has 0 saturated heterocycles. The molecule has 8 nitrogen and oxygen atoms in total. The number of anilines is 1. The summed E-state index contributed by atoms with van der Waals surface area (Å²) in [6.45, 7) is 6.50. The molecule has 1 aliphatic rings. The van der Waals surface area contributed by atoms with E-state index in [0.717, 1.165) is 47.2 Å². The fourth-order valence-electron chi connectivity index (χ4n) is 5.19. The predicted molar refractivity (Wildman–Crippen MR) is 178 cm³/mol. The van der Waals surface area contributed by atoms with Gasteiger partial charge in [0.2, 0.25) is 11.8 Å². The summed E-state index contributed by atoms with van der Waals surface area (Å²) in [4.78, 5) is 30.9. The van der Waals surface area contributed by atoms with E-state index in [-0.39, 0.29) is 29.5 Å². The zero-order valence-electron chi connectivity index (χ0n) is 26.1. The second-order valence-electron chi connectivity index (χ2n) is 12.5. The van der Waals surface area contributed by atoms with Crippen LogP contribution in [0, 0.1) is 0 Å². The van der Waals surface area contributed by atoms with Gasteiger partial charge in [0.1, 0.15) is 21.3 Å². The number of carbonyl (C=O) groups excluding carboxylic acids is 2. The van der Waals surface area contributed by atoms with Crippen molar-refractivity contribution in [3.05, 3.63) is 113 Å². The molecular formula is C36H39N3O5S. The quantitative estimate of drug-likeness (QED) is 0.212. The molecule has 1 atom stereocenters. The molecule has 5 rings (SSSR count). The van der Waals surface area contributed by atoms with Gasteiger partial charge in [-0.3, -0.25) is 9.59 Å². The molecule has 1 aliphatic carbocycles. The number of aromatic nitrogens is 1. The lowest BCUT2D eigenvalue weighted by molar-refractivity contribution is -0.117. The molecule has 0 radical (unpaired) electrons. The predicted octanol–water partition coefficient (Wildman–Crippen LogP) is 6.34. The van der Waals surface area contributed by atoms with Gasteiger partial charge in [0.25, 0.3) is 5.91 Å². The molecule has 3 aromatic carbocycles. The van der Waals surface area contributed by atoms with Crippen molar-refractivity contribution in [2.75, 3.05) is 23.9 Å². The van der Waals surface area contributed by atoms with Gasteiger partial charge in [-0.15, -0.1) is 0 Å². The Morgan fingerprint density at radius 2 is 1.64 bits per heavy atom. The molecule has 0 aliphatic heterocycles. The van der Waals surface area contributed by atoms with E-state index >= 15 is 0 Å². The van der Waals surface area contributed by atoms with Gasteiger partial charge < -0.3 is 15.1 Å². The van der Waals surface area contributed by atoms with Crippen LogP contribution in [-0.2, 0) is 32.9 Å². The minimum atomic E-state index is -3.17. The standard InChI is InChI=1S/C36H39N3O5S/c1-36(2,3)28-17-13-25(14-18-28)30(23-24-9-11-26(12-10-24)33(40)37-21-22-45(4,42)43)34(41)38-29-19-15-27(16-20-29)35-39-31-7-5-6-8-32(31)44-35/h5,7,9-20,30H,6,8,21-23H2,1-4H3,(H,37,40)(H,38,41). The van der Waals surface area contributed by atoms with Crippen molar-refractivity contribution in [1.82, 2.24) is 10.3 Å². The van der Waals surface area contributed by atoms with Crippen LogP contribution in [0.2, 0.25) is 0 Å². The Hall–Kier alpha value is -4.50. The van der Waals surface area contributed by atoms with E-state index in [4.69, 9.17) is 4.42 Å². The maximum absolute atomic E-state index is 13.8. The van der Waals surface area contributed by atoms with Crippen LogP contribution in [0.1, 0.15) is 71.6 Å². The molecule has 1 unspecified atom stereocenters. The molecule has 2 N–H and O–H groups in total. The summed E-state index contributed by atoms with van der Waals surface area (Å²) in [5.74, 6) is 0.356.